The second kappa shape index (κ2) is 16.4. The van der Waals surface area contributed by atoms with Gasteiger partial charge >= 0.3 is 0 Å². The Morgan fingerprint density at radius 1 is 0.607 bits per heavy atom. The summed E-state index contributed by atoms with van der Waals surface area (Å²) in [7, 11) is 3.23. The first kappa shape index (κ1) is 24.5. The van der Waals surface area contributed by atoms with E-state index < -0.39 is 0 Å². The second-order valence-corrected chi connectivity index (χ2v) is 7.69. The SMILES string of the molecule is CCCCCCCCCCCCCCCCOc1cc(OC)c(N)cc1OC. The van der Waals surface area contributed by atoms with Crippen LogP contribution in [-0.2, 0) is 0 Å². The van der Waals surface area contributed by atoms with E-state index >= 15 is 0 Å². The van der Waals surface area contributed by atoms with Crippen LogP contribution in [0.4, 0.5) is 5.69 Å². The maximum absolute atomic E-state index is 5.90. The zero-order valence-corrected chi connectivity index (χ0v) is 18.6. The summed E-state index contributed by atoms with van der Waals surface area (Å²) in [6.07, 6.45) is 19.0. The molecule has 28 heavy (non-hydrogen) atoms. The molecule has 0 aliphatic rings. The summed E-state index contributed by atoms with van der Waals surface area (Å²) in [5, 5.41) is 0. The van der Waals surface area contributed by atoms with Gasteiger partial charge in [0.25, 0.3) is 0 Å². The molecule has 2 N–H and O–H groups in total. The molecule has 0 spiro atoms. The van der Waals surface area contributed by atoms with Crippen LogP contribution < -0.4 is 19.9 Å². The highest BCUT2D eigenvalue weighted by atomic mass is 16.5. The van der Waals surface area contributed by atoms with E-state index in [1.807, 2.05) is 0 Å². The zero-order valence-electron chi connectivity index (χ0n) is 18.6. The molecule has 0 aliphatic heterocycles. The standard InChI is InChI=1S/C24H43NO3/c1-4-5-6-7-8-9-10-11-12-13-14-15-16-17-18-28-24-20-22(26-2)21(25)19-23(24)27-3/h19-20H,4-18,25H2,1-3H3. The third-order valence-electron chi connectivity index (χ3n) is 5.27. The highest BCUT2D eigenvalue weighted by Crippen LogP contribution is 2.36. The fourth-order valence-electron chi connectivity index (χ4n) is 3.48. The van der Waals surface area contributed by atoms with Crippen molar-refractivity contribution in [3.8, 4) is 17.2 Å². The summed E-state index contributed by atoms with van der Waals surface area (Å²) in [6.45, 7) is 2.98. The van der Waals surface area contributed by atoms with Gasteiger partial charge < -0.3 is 19.9 Å². The van der Waals surface area contributed by atoms with E-state index in [1.165, 1.54) is 83.5 Å². The average Bonchev–Trinajstić information content (AvgIpc) is 2.71. The summed E-state index contributed by atoms with van der Waals surface area (Å²) in [5.74, 6) is 1.98. The van der Waals surface area contributed by atoms with Gasteiger partial charge in [-0.1, -0.05) is 90.4 Å². The van der Waals surface area contributed by atoms with Crippen molar-refractivity contribution in [1.82, 2.24) is 0 Å². The van der Waals surface area contributed by atoms with Gasteiger partial charge in [-0.3, -0.25) is 0 Å². The number of hydrogen-bond acceptors (Lipinski definition) is 4. The Morgan fingerprint density at radius 3 is 1.54 bits per heavy atom. The van der Waals surface area contributed by atoms with Gasteiger partial charge in [-0.25, -0.2) is 0 Å². The van der Waals surface area contributed by atoms with Crippen molar-refractivity contribution < 1.29 is 14.2 Å². The van der Waals surface area contributed by atoms with Crippen molar-refractivity contribution in [3.63, 3.8) is 0 Å². The molecule has 0 atom stereocenters. The van der Waals surface area contributed by atoms with Crippen LogP contribution in [0.15, 0.2) is 12.1 Å². The fraction of sp³-hybridized carbons (Fsp3) is 0.750. The smallest absolute Gasteiger partial charge is 0.164 e. The van der Waals surface area contributed by atoms with E-state index in [4.69, 9.17) is 19.9 Å². The van der Waals surface area contributed by atoms with E-state index in [-0.39, 0.29) is 0 Å². The van der Waals surface area contributed by atoms with Gasteiger partial charge in [0.15, 0.2) is 11.5 Å². The Balaban J connectivity index is 1.98. The second-order valence-electron chi connectivity index (χ2n) is 7.69. The van der Waals surface area contributed by atoms with Crippen LogP contribution in [0.2, 0.25) is 0 Å². The molecule has 0 saturated carbocycles. The zero-order chi connectivity index (χ0) is 20.5. The molecule has 0 radical (unpaired) electrons. The molecule has 0 saturated heterocycles. The average molecular weight is 394 g/mol. The fourth-order valence-corrected chi connectivity index (χ4v) is 3.48. The van der Waals surface area contributed by atoms with E-state index in [2.05, 4.69) is 6.92 Å². The lowest BCUT2D eigenvalue weighted by Gasteiger charge is -2.13. The summed E-state index contributed by atoms with van der Waals surface area (Å²) < 4.78 is 16.5. The Morgan fingerprint density at radius 2 is 1.07 bits per heavy atom. The lowest BCUT2D eigenvalue weighted by atomic mass is 10.0. The van der Waals surface area contributed by atoms with E-state index in [9.17, 15) is 0 Å². The first-order valence-electron chi connectivity index (χ1n) is 11.4. The van der Waals surface area contributed by atoms with E-state index in [0.29, 0.717) is 29.5 Å². The quantitative estimate of drug-likeness (QED) is 0.212. The number of nitrogen functional groups attached to an aromatic ring is 1. The van der Waals surface area contributed by atoms with Gasteiger partial charge in [0, 0.05) is 12.1 Å². The van der Waals surface area contributed by atoms with Gasteiger partial charge in [-0.15, -0.1) is 0 Å². The van der Waals surface area contributed by atoms with Crippen LogP contribution >= 0.6 is 0 Å². The molecular weight excluding hydrogens is 350 g/mol. The Labute approximate surface area is 173 Å². The molecule has 0 fully saturated rings. The number of nitrogens with two attached hydrogens (primary N) is 1. The van der Waals surface area contributed by atoms with Crippen LogP contribution in [-0.4, -0.2) is 20.8 Å². The highest BCUT2D eigenvalue weighted by molar-refractivity contribution is 5.61. The Hall–Kier alpha value is -1.58. The topological polar surface area (TPSA) is 53.7 Å². The van der Waals surface area contributed by atoms with E-state index in [0.717, 1.165) is 6.42 Å². The van der Waals surface area contributed by atoms with Crippen LogP contribution in [0.25, 0.3) is 0 Å². The number of rotatable bonds is 18. The number of unbranched alkanes of at least 4 members (excludes halogenated alkanes) is 13. The van der Waals surface area contributed by atoms with Crippen molar-refractivity contribution in [2.24, 2.45) is 0 Å². The largest absolute Gasteiger partial charge is 0.494 e. The van der Waals surface area contributed by atoms with Crippen molar-refractivity contribution in [3.05, 3.63) is 12.1 Å². The lowest BCUT2D eigenvalue weighted by molar-refractivity contribution is 0.282. The third kappa shape index (κ3) is 10.7. The highest BCUT2D eigenvalue weighted by Gasteiger charge is 2.10. The molecular formula is C24H43NO3. The molecule has 1 aromatic carbocycles. The molecule has 162 valence electrons. The predicted molar refractivity (Wildman–Crippen MR) is 120 cm³/mol. The van der Waals surface area contributed by atoms with Crippen LogP contribution in [0.1, 0.15) is 96.8 Å². The lowest BCUT2D eigenvalue weighted by Crippen LogP contribution is -2.01. The normalized spacial score (nSPS) is 10.8. The van der Waals surface area contributed by atoms with Gasteiger partial charge in [0.05, 0.1) is 26.5 Å². The van der Waals surface area contributed by atoms with Crippen LogP contribution in [0, 0.1) is 0 Å². The maximum atomic E-state index is 5.90. The summed E-state index contributed by atoms with van der Waals surface area (Å²) in [4.78, 5) is 0. The minimum atomic E-state index is 0.559. The minimum absolute atomic E-state index is 0.559. The summed E-state index contributed by atoms with van der Waals surface area (Å²) >= 11 is 0. The van der Waals surface area contributed by atoms with Gasteiger partial charge in [0.1, 0.15) is 5.75 Å². The number of anilines is 1. The van der Waals surface area contributed by atoms with Crippen molar-refractivity contribution in [2.45, 2.75) is 96.8 Å². The number of benzene rings is 1. The van der Waals surface area contributed by atoms with Crippen LogP contribution in [0.5, 0.6) is 17.2 Å². The van der Waals surface area contributed by atoms with Gasteiger partial charge in [-0.2, -0.15) is 0 Å². The third-order valence-corrected chi connectivity index (χ3v) is 5.27. The first-order valence-corrected chi connectivity index (χ1v) is 11.4. The number of ether oxygens (including phenoxy) is 3. The molecule has 0 bridgehead atoms. The summed E-state index contributed by atoms with van der Waals surface area (Å²) in [5.41, 5.74) is 6.46. The molecule has 0 amide bonds. The molecule has 0 unspecified atom stereocenters. The van der Waals surface area contributed by atoms with Crippen molar-refractivity contribution >= 4 is 5.69 Å². The maximum Gasteiger partial charge on any atom is 0.164 e. The van der Waals surface area contributed by atoms with E-state index in [1.54, 1.807) is 26.4 Å². The minimum Gasteiger partial charge on any atom is -0.494 e. The van der Waals surface area contributed by atoms with Crippen molar-refractivity contribution in [1.29, 1.82) is 0 Å². The predicted octanol–water partition coefficient (Wildman–Crippen LogP) is 7.15. The Kier molecular flexibility index (Phi) is 14.3. The molecule has 1 aromatic rings. The van der Waals surface area contributed by atoms with Crippen LogP contribution in [0.3, 0.4) is 0 Å². The molecule has 0 aliphatic carbocycles. The molecule has 0 aromatic heterocycles. The molecule has 0 heterocycles. The molecule has 1 rings (SSSR count). The molecule has 4 nitrogen and oxygen atoms in total. The number of methoxy groups -OCH3 is 2. The summed E-state index contributed by atoms with van der Waals surface area (Å²) in [6, 6.07) is 3.55. The van der Waals surface area contributed by atoms with Gasteiger partial charge in [-0.05, 0) is 6.42 Å². The van der Waals surface area contributed by atoms with Crippen molar-refractivity contribution in [2.75, 3.05) is 26.6 Å². The monoisotopic (exact) mass is 393 g/mol. The number of hydrogen-bond donors (Lipinski definition) is 1. The molecule has 4 heteroatoms. The Bertz CT molecular complexity index is 505. The first-order chi connectivity index (χ1) is 13.7. The van der Waals surface area contributed by atoms with Gasteiger partial charge in [0.2, 0.25) is 0 Å².